The molecule has 0 fully saturated rings. The molecule has 1 aromatic heterocycles. The molecule has 0 saturated carbocycles. The number of hydrogen-bond donors (Lipinski definition) is 3. The van der Waals surface area contributed by atoms with Gasteiger partial charge in [-0.3, -0.25) is 0 Å². The van der Waals surface area contributed by atoms with Crippen molar-refractivity contribution >= 4 is 5.97 Å². The van der Waals surface area contributed by atoms with Gasteiger partial charge in [0, 0.05) is 18.7 Å². The van der Waals surface area contributed by atoms with Gasteiger partial charge >= 0.3 is 5.97 Å². The molecule has 5 heteroatoms. The van der Waals surface area contributed by atoms with Gasteiger partial charge in [0.2, 0.25) is 5.76 Å². The SMILES string of the molecule is CCC(C)(O)CNCc1ccoc1C(=O)O. The normalized spacial score (nSPS) is 14.7. The molecule has 1 unspecified atom stereocenters. The van der Waals surface area contributed by atoms with E-state index in [1.807, 2.05) is 6.92 Å². The number of carboxylic acids is 1. The molecule has 0 aromatic carbocycles. The minimum absolute atomic E-state index is 0.0522. The summed E-state index contributed by atoms with van der Waals surface area (Å²) in [4.78, 5) is 10.7. The van der Waals surface area contributed by atoms with Gasteiger partial charge in [0.15, 0.2) is 0 Å². The summed E-state index contributed by atoms with van der Waals surface area (Å²) in [5.41, 5.74) is -0.188. The molecule has 1 atom stereocenters. The Morgan fingerprint density at radius 1 is 1.62 bits per heavy atom. The highest BCUT2D eigenvalue weighted by Crippen LogP contribution is 2.11. The van der Waals surface area contributed by atoms with E-state index in [9.17, 15) is 9.90 Å². The van der Waals surface area contributed by atoms with Crippen molar-refractivity contribution in [3.63, 3.8) is 0 Å². The van der Waals surface area contributed by atoms with Crippen molar-refractivity contribution in [2.75, 3.05) is 6.54 Å². The molecular formula is C11H17NO4. The Bertz CT molecular complexity index is 357. The minimum atomic E-state index is -1.08. The number of nitrogens with one attached hydrogen (secondary N) is 1. The predicted octanol–water partition coefficient (Wildman–Crippen LogP) is 1.23. The Morgan fingerprint density at radius 3 is 2.88 bits per heavy atom. The summed E-state index contributed by atoms with van der Waals surface area (Å²) in [7, 11) is 0. The third-order valence-corrected chi connectivity index (χ3v) is 2.52. The molecule has 5 nitrogen and oxygen atoms in total. The molecule has 0 amide bonds. The summed E-state index contributed by atoms with van der Waals surface area (Å²) in [6, 6.07) is 1.61. The van der Waals surface area contributed by atoms with Crippen LogP contribution in [0, 0.1) is 0 Å². The van der Waals surface area contributed by atoms with Crippen molar-refractivity contribution in [2.24, 2.45) is 0 Å². The number of aromatic carboxylic acids is 1. The summed E-state index contributed by atoms with van der Waals surface area (Å²) >= 11 is 0. The van der Waals surface area contributed by atoms with Crippen LogP contribution in [-0.4, -0.2) is 28.3 Å². The first-order chi connectivity index (χ1) is 7.46. The standard InChI is InChI=1S/C11H17NO4/c1-3-11(2,15)7-12-6-8-4-5-16-9(8)10(13)14/h4-5,12,15H,3,6-7H2,1-2H3,(H,13,14). The second kappa shape index (κ2) is 5.14. The van der Waals surface area contributed by atoms with E-state index in [1.54, 1.807) is 13.0 Å². The fourth-order valence-electron chi connectivity index (χ4n) is 1.25. The fourth-order valence-corrected chi connectivity index (χ4v) is 1.25. The molecule has 16 heavy (non-hydrogen) atoms. The summed E-state index contributed by atoms with van der Waals surface area (Å²) in [6.45, 7) is 4.40. The van der Waals surface area contributed by atoms with Crippen LogP contribution >= 0.6 is 0 Å². The van der Waals surface area contributed by atoms with Crippen LogP contribution in [0.1, 0.15) is 36.4 Å². The largest absolute Gasteiger partial charge is 0.475 e. The summed E-state index contributed by atoms with van der Waals surface area (Å²) in [5.74, 6) is -1.13. The maximum atomic E-state index is 10.7. The highest BCUT2D eigenvalue weighted by Gasteiger charge is 2.18. The van der Waals surface area contributed by atoms with Gasteiger partial charge in [-0.15, -0.1) is 0 Å². The lowest BCUT2D eigenvalue weighted by Crippen LogP contribution is -2.36. The molecular weight excluding hydrogens is 210 g/mol. The molecule has 1 heterocycles. The van der Waals surface area contributed by atoms with Crippen LogP contribution in [0.3, 0.4) is 0 Å². The lowest BCUT2D eigenvalue weighted by molar-refractivity contribution is 0.0555. The molecule has 0 bridgehead atoms. The first-order valence-corrected chi connectivity index (χ1v) is 5.19. The third kappa shape index (κ3) is 3.36. The van der Waals surface area contributed by atoms with E-state index in [0.717, 1.165) is 0 Å². The predicted molar refractivity (Wildman–Crippen MR) is 58.3 cm³/mol. The van der Waals surface area contributed by atoms with Gasteiger partial charge in [0.1, 0.15) is 0 Å². The molecule has 1 rings (SSSR count). The molecule has 0 aliphatic rings. The van der Waals surface area contributed by atoms with E-state index in [2.05, 4.69) is 5.32 Å². The van der Waals surface area contributed by atoms with E-state index in [0.29, 0.717) is 25.1 Å². The Kier molecular flexibility index (Phi) is 4.09. The van der Waals surface area contributed by atoms with Crippen molar-refractivity contribution < 1.29 is 19.4 Å². The number of carbonyl (C=O) groups is 1. The van der Waals surface area contributed by atoms with Crippen LogP contribution < -0.4 is 5.32 Å². The minimum Gasteiger partial charge on any atom is -0.475 e. The number of hydrogen-bond acceptors (Lipinski definition) is 4. The summed E-state index contributed by atoms with van der Waals surface area (Å²) in [5, 5.41) is 21.5. The van der Waals surface area contributed by atoms with Gasteiger partial charge in [0.25, 0.3) is 0 Å². The van der Waals surface area contributed by atoms with Gasteiger partial charge in [-0.25, -0.2) is 4.79 Å². The summed E-state index contributed by atoms with van der Waals surface area (Å²) in [6.07, 6.45) is 1.98. The zero-order chi connectivity index (χ0) is 12.2. The summed E-state index contributed by atoms with van der Waals surface area (Å²) < 4.78 is 4.83. The van der Waals surface area contributed by atoms with E-state index in [1.165, 1.54) is 6.26 Å². The molecule has 3 N–H and O–H groups in total. The number of furan rings is 1. The van der Waals surface area contributed by atoms with Crippen LogP contribution in [0.15, 0.2) is 16.7 Å². The number of carboxylic acid groups (broad SMARTS) is 1. The van der Waals surface area contributed by atoms with Crippen LogP contribution in [0.25, 0.3) is 0 Å². The second-order valence-corrected chi connectivity index (χ2v) is 4.03. The van der Waals surface area contributed by atoms with Crippen LogP contribution in [-0.2, 0) is 6.54 Å². The average molecular weight is 227 g/mol. The third-order valence-electron chi connectivity index (χ3n) is 2.52. The fraction of sp³-hybridized carbons (Fsp3) is 0.545. The monoisotopic (exact) mass is 227 g/mol. The Labute approximate surface area is 94.1 Å². The van der Waals surface area contributed by atoms with Gasteiger partial charge in [-0.2, -0.15) is 0 Å². The highest BCUT2D eigenvalue weighted by atomic mass is 16.4. The van der Waals surface area contributed by atoms with E-state index >= 15 is 0 Å². The molecule has 0 radical (unpaired) electrons. The molecule has 0 aliphatic heterocycles. The molecule has 0 spiro atoms. The Hall–Kier alpha value is -1.33. The van der Waals surface area contributed by atoms with Crippen molar-refractivity contribution in [3.05, 3.63) is 23.7 Å². The van der Waals surface area contributed by atoms with E-state index < -0.39 is 11.6 Å². The highest BCUT2D eigenvalue weighted by molar-refractivity contribution is 5.86. The Balaban J connectivity index is 2.49. The van der Waals surface area contributed by atoms with Gasteiger partial charge < -0.3 is 19.9 Å². The van der Waals surface area contributed by atoms with Gasteiger partial charge in [-0.1, -0.05) is 6.92 Å². The molecule has 0 saturated heterocycles. The second-order valence-electron chi connectivity index (χ2n) is 4.03. The zero-order valence-electron chi connectivity index (χ0n) is 9.49. The molecule has 90 valence electrons. The first kappa shape index (κ1) is 12.7. The molecule has 0 aliphatic carbocycles. The van der Waals surface area contributed by atoms with E-state index in [4.69, 9.17) is 9.52 Å². The quantitative estimate of drug-likeness (QED) is 0.680. The van der Waals surface area contributed by atoms with Crippen molar-refractivity contribution in [1.82, 2.24) is 5.32 Å². The maximum Gasteiger partial charge on any atom is 0.372 e. The Morgan fingerprint density at radius 2 is 2.31 bits per heavy atom. The van der Waals surface area contributed by atoms with Gasteiger partial charge in [0.05, 0.1) is 11.9 Å². The zero-order valence-corrected chi connectivity index (χ0v) is 9.49. The van der Waals surface area contributed by atoms with E-state index in [-0.39, 0.29) is 5.76 Å². The van der Waals surface area contributed by atoms with Crippen LogP contribution in [0.5, 0.6) is 0 Å². The van der Waals surface area contributed by atoms with Crippen molar-refractivity contribution in [1.29, 1.82) is 0 Å². The first-order valence-electron chi connectivity index (χ1n) is 5.19. The molecule has 1 aromatic rings. The number of aliphatic hydroxyl groups is 1. The lowest BCUT2D eigenvalue weighted by Gasteiger charge is -2.21. The van der Waals surface area contributed by atoms with Crippen molar-refractivity contribution in [2.45, 2.75) is 32.4 Å². The lowest BCUT2D eigenvalue weighted by atomic mass is 10.0. The van der Waals surface area contributed by atoms with Crippen LogP contribution in [0.2, 0.25) is 0 Å². The maximum absolute atomic E-state index is 10.7. The smallest absolute Gasteiger partial charge is 0.372 e. The van der Waals surface area contributed by atoms with Crippen LogP contribution in [0.4, 0.5) is 0 Å². The average Bonchev–Trinajstić information content (AvgIpc) is 2.66. The van der Waals surface area contributed by atoms with Crippen molar-refractivity contribution in [3.8, 4) is 0 Å². The number of rotatable bonds is 6. The topological polar surface area (TPSA) is 82.7 Å². The van der Waals surface area contributed by atoms with Gasteiger partial charge in [-0.05, 0) is 19.4 Å².